The average Bonchev–Trinajstić information content (AvgIpc) is 2.05. The summed E-state index contributed by atoms with van der Waals surface area (Å²) in [6.45, 7) is 3.44. The molecule has 56 valence electrons. The summed E-state index contributed by atoms with van der Waals surface area (Å²) in [5.74, 6) is -0.606. The molecule has 0 radical (unpaired) electrons. The van der Waals surface area contributed by atoms with Gasteiger partial charge in [0, 0.05) is 0 Å². The highest BCUT2D eigenvalue weighted by molar-refractivity contribution is 5.75. The minimum atomic E-state index is -0.606. The Morgan fingerprint density at radius 2 is 2.36 bits per heavy atom. The van der Waals surface area contributed by atoms with Gasteiger partial charge in [0.1, 0.15) is 0 Å². The molecule has 11 heavy (non-hydrogen) atoms. The Morgan fingerprint density at radius 1 is 1.64 bits per heavy atom. The van der Waals surface area contributed by atoms with E-state index in [1.165, 1.54) is 12.1 Å². The zero-order valence-corrected chi connectivity index (χ0v) is 5.75. The van der Waals surface area contributed by atoms with Crippen molar-refractivity contribution in [2.24, 2.45) is 0 Å². The van der Waals surface area contributed by atoms with Crippen LogP contribution in [0.25, 0.3) is 6.08 Å². The van der Waals surface area contributed by atoms with E-state index in [1.807, 2.05) is 0 Å². The Balaban J connectivity index is 3.22. The van der Waals surface area contributed by atoms with Gasteiger partial charge in [-0.25, -0.2) is 4.39 Å². The molecule has 3 heteroatoms. The second-order valence-corrected chi connectivity index (χ2v) is 1.95. The molecular formula is C8H6FNO. The van der Waals surface area contributed by atoms with E-state index < -0.39 is 5.82 Å². The van der Waals surface area contributed by atoms with Gasteiger partial charge in [0.25, 0.3) is 0 Å². The fourth-order valence-electron chi connectivity index (χ4n) is 0.673. The average molecular weight is 151 g/mol. The minimum absolute atomic E-state index is 0.00917. The summed E-state index contributed by atoms with van der Waals surface area (Å²) in [7, 11) is 0. The number of rotatable bonds is 2. The van der Waals surface area contributed by atoms with Gasteiger partial charge in [-0.05, 0) is 12.1 Å². The smallest absolute Gasteiger partial charge is 0.153 e. The molecule has 0 saturated heterocycles. The lowest BCUT2D eigenvalue weighted by Gasteiger charge is -1.94. The SMILES string of the molecule is C=Cc1cc(C=O)c(F)cn1. The summed E-state index contributed by atoms with van der Waals surface area (Å²) in [4.78, 5) is 13.8. The van der Waals surface area contributed by atoms with E-state index in [0.29, 0.717) is 12.0 Å². The number of hydrogen-bond acceptors (Lipinski definition) is 2. The third-order valence-corrected chi connectivity index (χ3v) is 1.24. The van der Waals surface area contributed by atoms with Crippen LogP contribution < -0.4 is 0 Å². The van der Waals surface area contributed by atoms with Crippen LogP contribution in [0, 0.1) is 5.82 Å². The molecule has 0 unspecified atom stereocenters. The zero-order chi connectivity index (χ0) is 8.27. The molecule has 1 aromatic heterocycles. The summed E-state index contributed by atoms with van der Waals surface area (Å²) in [6, 6.07) is 1.34. The highest BCUT2D eigenvalue weighted by Gasteiger charge is 2.00. The van der Waals surface area contributed by atoms with E-state index >= 15 is 0 Å². The number of hydrogen-bond donors (Lipinski definition) is 0. The van der Waals surface area contributed by atoms with E-state index in [4.69, 9.17) is 0 Å². The number of nitrogens with zero attached hydrogens (tertiary/aromatic N) is 1. The van der Waals surface area contributed by atoms with Crippen LogP contribution in [0.15, 0.2) is 18.8 Å². The fourth-order valence-corrected chi connectivity index (χ4v) is 0.673. The highest BCUT2D eigenvalue weighted by Crippen LogP contribution is 2.05. The van der Waals surface area contributed by atoms with Crippen LogP contribution in [0.5, 0.6) is 0 Å². The van der Waals surface area contributed by atoms with Gasteiger partial charge in [0.15, 0.2) is 12.1 Å². The molecule has 1 aromatic rings. The first kappa shape index (κ1) is 7.60. The molecule has 1 heterocycles. The second kappa shape index (κ2) is 3.05. The number of aromatic nitrogens is 1. The Morgan fingerprint density at radius 3 is 2.91 bits per heavy atom. The van der Waals surface area contributed by atoms with Crippen molar-refractivity contribution in [2.45, 2.75) is 0 Å². The van der Waals surface area contributed by atoms with E-state index in [9.17, 15) is 9.18 Å². The van der Waals surface area contributed by atoms with Crippen LogP contribution in [-0.4, -0.2) is 11.3 Å². The third-order valence-electron chi connectivity index (χ3n) is 1.24. The number of halogens is 1. The Labute approximate surface area is 63.4 Å². The minimum Gasteiger partial charge on any atom is -0.298 e. The molecule has 0 atom stereocenters. The van der Waals surface area contributed by atoms with Crippen molar-refractivity contribution in [3.05, 3.63) is 35.9 Å². The first-order chi connectivity index (χ1) is 5.27. The molecule has 0 fully saturated rings. The Hall–Kier alpha value is -1.51. The van der Waals surface area contributed by atoms with Crippen molar-refractivity contribution in [1.82, 2.24) is 4.98 Å². The normalized spacial score (nSPS) is 9.18. The molecule has 1 rings (SSSR count). The summed E-state index contributed by atoms with van der Waals surface area (Å²) < 4.78 is 12.6. The van der Waals surface area contributed by atoms with Gasteiger partial charge < -0.3 is 0 Å². The predicted octanol–water partition coefficient (Wildman–Crippen LogP) is 1.68. The van der Waals surface area contributed by atoms with E-state index in [0.717, 1.165) is 6.20 Å². The van der Waals surface area contributed by atoms with Crippen LogP contribution in [0.1, 0.15) is 16.1 Å². The standard InChI is InChI=1S/C8H6FNO/c1-2-7-3-6(5-11)8(9)4-10-7/h2-5H,1H2. The molecule has 2 nitrogen and oxygen atoms in total. The van der Waals surface area contributed by atoms with Gasteiger partial charge in [-0.3, -0.25) is 9.78 Å². The number of carbonyl (C=O) groups is 1. The quantitative estimate of drug-likeness (QED) is 0.602. The molecule has 0 aliphatic rings. The number of aldehydes is 1. The van der Waals surface area contributed by atoms with Gasteiger partial charge in [-0.2, -0.15) is 0 Å². The van der Waals surface area contributed by atoms with Gasteiger partial charge >= 0.3 is 0 Å². The van der Waals surface area contributed by atoms with Crippen LogP contribution in [0.4, 0.5) is 4.39 Å². The largest absolute Gasteiger partial charge is 0.298 e. The van der Waals surface area contributed by atoms with Crippen molar-refractivity contribution >= 4 is 12.4 Å². The molecule has 0 bridgehead atoms. The number of carbonyl (C=O) groups excluding carboxylic acids is 1. The lowest BCUT2D eigenvalue weighted by atomic mass is 10.2. The van der Waals surface area contributed by atoms with Crippen molar-refractivity contribution in [2.75, 3.05) is 0 Å². The first-order valence-electron chi connectivity index (χ1n) is 3.01. The summed E-state index contributed by atoms with van der Waals surface area (Å²) in [5, 5.41) is 0. The fraction of sp³-hybridized carbons (Fsp3) is 0. The highest BCUT2D eigenvalue weighted by atomic mass is 19.1. The molecule has 0 aromatic carbocycles. The van der Waals surface area contributed by atoms with E-state index in [-0.39, 0.29) is 5.56 Å². The third kappa shape index (κ3) is 1.49. The topological polar surface area (TPSA) is 30.0 Å². The van der Waals surface area contributed by atoms with Crippen molar-refractivity contribution < 1.29 is 9.18 Å². The molecule has 0 spiro atoms. The predicted molar refractivity (Wildman–Crippen MR) is 39.7 cm³/mol. The van der Waals surface area contributed by atoms with Gasteiger partial charge in [0.2, 0.25) is 0 Å². The summed E-state index contributed by atoms with van der Waals surface area (Å²) in [5.41, 5.74) is 0.503. The Kier molecular flexibility index (Phi) is 2.11. The monoisotopic (exact) mass is 151 g/mol. The van der Waals surface area contributed by atoms with Crippen LogP contribution >= 0.6 is 0 Å². The molecule has 0 saturated carbocycles. The second-order valence-electron chi connectivity index (χ2n) is 1.95. The molecular weight excluding hydrogens is 145 g/mol. The zero-order valence-electron chi connectivity index (χ0n) is 5.75. The molecule has 0 N–H and O–H groups in total. The maximum atomic E-state index is 12.6. The molecule has 0 aliphatic carbocycles. The van der Waals surface area contributed by atoms with Crippen LogP contribution in [0.2, 0.25) is 0 Å². The summed E-state index contributed by atoms with van der Waals surface area (Å²) >= 11 is 0. The van der Waals surface area contributed by atoms with Gasteiger partial charge in [0.05, 0.1) is 17.5 Å². The van der Waals surface area contributed by atoms with Crippen LogP contribution in [0.3, 0.4) is 0 Å². The maximum Gasteiger partial charge on any atom is 0.153 e. The maximum absolute atomic E-state index is 12.6. The van der Waals surface area contributed by atoms with E-state index in [2.05, 4.69) is 11.6 Å². The number of pyridine rings is 1. The van der Waals surface area contributed by atoms with Crippen molar-refractivity contribution in [3.8, 4) is 0 Å². The van der Waals surface area contributed by atoms with Crippen LogP contribution in [-0.2, 0) is 0 Å². The van der Waals surface area contributed by atoms with Gasteiger partial charge in [-0.15, -0.1) is 0 Å². The van der Waals surface area contributed by atoms with E-state index in [1.54, 1.807) is 0 Å². The summed E-state index contributed by atoms with van der Waals surface area (Å²) in [6.07, 6.45) is 2.90. The van der Waals surface area contributed by atoms with Gasteiger partial charge in [-0.1, -0.05) is 6.58 Å². The molecule has 0 aliphatic heterocycles. The lowest BCUT2D eigenvalue weighted by molar-refractivity contribution is 0.111. The molecule has 0 amide bonds. The Bertz CT molecular complexity index is 296. The lowest BCUT2D eigenvalue weighted by Crippen LogP contribution is -1.90. The first-order valence-corrected chi connectivity index (χ1v) is 3.01. The van der Waals surface area contributed by atoms with Crippen molar-refractivity contribution in [1.29, 1.82) is 0 Å². The van der Waals surface area contributed by atoms with Crippen molar-refractivity contribution in [3.63, 3.8) is 0 Å².